The lowest BCUT2D eigenvalue weighted by atomic mass is 9.74. The second kappa shape index (κ2) is 14.8. The minimum Gasteiger partial charge on any atom is -0.382 e. The summed E-state index contributed by atoms with van der Waals surface area (Å²) in [5.41, 5.74) is -2.79. The predicted octanol–water partition coefficient (Wildman–Crippen LogP) is 3.52. The Morgan fingerprint density at radius 2 is 1.07 bits per heavy atom. The van der Waals surface area contributed by atoms with Crippen LogP contribution in [0.5, 0.6) is 0 Å². The highest BCUT2D eigenvalue weighted by Crippen LogP contribution is 2.29. The maximum absolute atomic E-state index is 13.2. The van der Waals surface area contributed by atoms with E-state index in [4.69, 9.17) is 0 Å². The third kappa shape index (κ3) is 8.27. The van der Waals surface area contributed by atoms with Crippen LogP contribution in [0.15, 0.2) is 0 Å². The Labute approximate surface area is 176 Å². The van der Waals surface area contributed by atoms with Gasteiger partial charge in [-0.05, 0) is 25.7 Å². The van der Waals surface area contributed by atoms with Gasteiger partial charge in [0.15, 0.2) is 35.2 Å². The molecule has 0 aliphatic rings. The zero-order valence-electron chi connectivity index (χ0n) is 18.8. The van der Waals surface area contributed by atoms with Crippen LogP contribution >= 0.6 is 0 Å². The van der Waals surface area contributed by atoms with Gasteiger partial charge in [-0.1, -0.05) is 66.2 Å². The van der Waals surface area contributed by atoms with Crippen molar-refractivity contribution in [3.05, 3.63) is 0 Å². The smallest absolute Gasteiger partial charge is 0.189 e. The minimum atomic E-state index is -2.79. The molecule has 2 unspecified atom stereocenters. The molecule has 0 fully saturated rings. The summed E-state index contributed by atoms with van der Waals surface area (Å²) in [6, 6.07) is 0. The van der Waals surface area contributed by atoms with Crippen molar-refractivity contribution < 1.29 is 29.7 Å². The molecule has 29 heavy (non-hydrogen) atoms. The molecule has 3 N–H and O–H groups in total. The zero-order chi connectivity index (χ0) is 22.4. The molecule has 6 heteroatoms. The number of aliphatic hydroxyl groups is 3. The second-order valence-corrected chi connectivity index (χ2v) is 8.12. The number of rotatable bonds is 18. The van der Waals surface area contributed by atoms with E-state index in [1.165, 1.54) is 0 Å². The van der Waals surface area contributed by atoms with Gasteiger partial charge in [0.1, 0.15) is 0 Å². The van der Waals surface area contributed by atoms with Crippen LogP contribution in [-0.2, 0) is 14.4 Å². The van der Waals surface area contributed by atoms with Crippen LogP contribution in [-0.4, -0.2) is 50.5 Å². The molecule has 2 atom stereocenters. The van der Waals surface area contributed by atoms with Gasteiger partial charge < -0.3 is 15.3 Å². The van der Waals surface area contributed by atoms with E-state index in [-0.39, 0.29) is 12.8 Å². The summed E-state index contributed by atoms with van der Waals surface area (Å²) in [7, 11) is 0. The van der Waals surface area contributed by atoms with Crippen LogP contribution in [0.2, 0.25) is 0 Å². The van der Waals surface area contributed by atoms with Crippen molar-refractivity contribution in [3.63, 3.8) is 0 Å². The summed E-state index contributed by atoms with van der Waals surface area (Å²) in [4.78, 5) is 38.2. The Morgan fingerprint density at radius 1 is 0.690 bits per heavy atom. The van der Waals surface area contributed by atoms with Crippen molar-refractivity contribution in [2.45, 2.75) is 123 Å². The summed E-state index contributed by atoms with van der Waals surface area (Å²) in [6.45, 7) is 7.74. The van der Waals surface area contributed by atoms with Gasteiger partial charge >= 0.3 is 0 Å². The van der Waals surface area contributed by atoms with Crippen LogP contribution in [0.25, 0.3) is 0 Å². The third-order valence-electron chi connectivity index (χ3n) is 5.54. The molecule has 0 saturated carbocycles. The summed E-state index contributed by atoms with van der Waals surface area (Å²) in [5, 5.41) is 32.5. The molecule has 0 heterocycles. The molecule has 0 bridgehead atoms. The lowest BCUT2D eigenvalue weighted by Gasteiger charge is -2.37. The van der Waals surface area contributed by atoms with Gasteiger partial charge in [-0.25, -0.2) is 0 Å². The molecule has 0 saturated heterocycles. The quantitative estimate of drug-likeness (QED) is 0.296. The Hall–Kier alpha value is -1.11. The number of carbonyl (C=O) groups is 3. The topological polar surface area (TPSA) is 112 Å². The van der Waals surface area contributed by atoms with Crippen LogP contribution in [0.3, 0.4) is 0 Å². The highest BCUT2D eigenvalue weighted by atomic mass is 16.4. The molecule has 0 aromatic heterocycles. The van der Waals surface area contributed by atoms with Gasteiger partial charge in [-0.3, -0.25) is 14.4 Å². The zero-order valence-corrected chi connectivity index (χ0v) is 18.8. The fourth-order valence-electron chi connectivity index (χ4n) is 3.71. The van der Waals surface area contributed by atoms with Gasteiger partial charge in [-0.15, -0.1) is 0 Å². The van der Waals surface area contributed by atoms with E-state index in [0.717, 1.165) is 25.7 Å². The minimum absolute atomic E-state index is 0.00638. The Kier molecular flexibility index (Phi) is 14.2. The van der Waals surface area contributed by atoms with E-state index >= 15 is 0 Å². The van der Waals surface area contributed by atoms with E-state index in [0.29, 0.717) is 38.5 Å². The van der Waals surface area contributed by atoms with E-state index < -0.39 is 41.1 Å². The average Bonchev–Trinajstić information content (AvgIpc) is 2.71. The maximum atomic E-state index is 13.2. The number of carbonyl (C=O) groups excluding carboxylic acids is 3. The van der Waals surface area contributed by atoms with Crippen LogP contribution in [0, 0.1) is 5.92 Å². The van der Waals surface area contributed by atoms with Gasteiger partial charge in [-0.2, -0.15) is 0 Å². The number of Topliss-reactive ketones (excluding diaryl/α,β-unsaturated/α-hetero) is 3. The monoisotopic (exact) mass is 414 g/mol. The van der Waals surface area contributed by atoms with E-state index in [9.17, 15) is 29.7 Å². The molecule has 6 nitrogen and oxygen atoms in total. The normalized spacial score (nSPS) is 15.7. The number of ketones is 3. The summed E-state index contributed by atoms with van der Waals surface area (Å²) >= 11 is 0. The Morgan fingerprint density at radius 3 is 1.38 bits per heavy atom. The number of hydrogen-bond acceptors (Lipinski definition) is 6. The molecule has 0 rings (SSSR count). The fourth-order valence-corrected chi connectivity index (χ4v) is 3.71. The first-order valence-corrected chi connectivity index (χ1v) is 11.4. The predicted molar refractivity (Wildman–Crippen MR) is 114 cm³/mol. The highest BCUT2D eigenvalue weighted by Gasteiger charge is 2.55. The van der Waals surface area contributed by atoms with Crippen LogP contribution < -0.4 is 0 Å². The van der Waals surface area contributed by atoms with Gasteiger partial charge in [0.05, 0.1) is 0 Å². The van der Waals surface area contributed by atoms with E-state index in [1.807, 2.05) is 27.7 Å². The van der Waals surface area contributed by atoms with Crippen molar-refractivity contribution in [1.29, 1.82) is 0 Å². The SMILES string of the molecule is CCCCCC(=O)C(O)C(O)(C(=O)C(CCC)CCC)C(O)C(=O)CCCCC. The van der Waals surface area contributed by atoms with Gasteiger partial charge in [0.2, 0.25) is 0 Å². The first-order chi connectivity index (χ1) is 13.7. The molecular formula is C23H42O6. The molecule has 0 aliphatic heterocycles. The van der Waals surface area contributed by atoms with Crippen molar-refractivity contribution in [2.24, 2.45) is 5.92 Å². The Balaban J connectivity index is 5.78. The molecule has 0 radical (unpaired) electrons. The number of unbranched alkanes of at least 4 members (excludes halogenated alkanes) is 4. The van der Waals surface area contributed by atoms with E-state index in [1.54, 1.807) is 0 Å². The lowest BCUT2D eigenvalue weighted by molar-refractivity contribution is -0.184. The summed E-state index contributed by atoms with van der Waals surface area (Å²) < 4.78 is 0. The fraction of sp³-hybridized carbons (Fsp3) is 0.870. The van der Waals surface area contributed by atoms with Crippen LogP contribution in [0.4, 0.5) is 0 Å². The third-order valence-corrected chi connectivity index (χ3v) is 5.54. The molecular weight excluding hydrogens is 372 g/mol. The molecule has 0 aromatic carbocycles. The highest BCUT2D eigenvalue weighted by molar-refractivity contribution is 6.02. The van der Waals surface area contributed by atoms with Crippen LogP contribution in [0.1, 0.15) is 105 Å². The molecule has 0 spiro atoms. The standard InChI is InChI=1S/C23H42O6/c1-5-9-11-15-18(24)21(27)23(29,20(26)17(13-7-3)14-8-4)22(28)19(25)16-12-10-6-2/h17,21-22,27-29H,5-16H2,1-4H3. The number of aliphatic hydroxyl groups excluding tert-OH is 2. The van der Waals surface area contributed by atoms with Gasteiger partial charge in [0, 0.05) is 18.8 Å². The molecule has 0 amide bonds. The second-order valence-electron chi connectivity index (χ2n) is 8.12. The van der Waals surface area contributed by atoms with Crippen molar-refractivity contribution >= 4 is 17.3 Å². The molecule has 0 aliphatic carbocycles. The number of hydrogen-bond donors (Lipinski definition) is 3. The maximum Gasteiger partial charge on any atom is 0.189 e. The average molecular weight is 415 g/mol. The van der Waals surface area contributed by atoms with Crippen molar-refractivity contribution in [3.8, 4) is 0 Å². The van der Waals surface area contributed by atoms with Crippen molar-refractivity contribution in [1.82, 2.24) is 0 Å². The lowest BCUT2D eigenvalue weighted by Crippen LogP contribution is -2.64. The first kappa shape index (κ1) is 27.9. The largest absolute Gasteiger partial charge is 0.382 e. The first-order valence-electron chi connectivity index (χ1n) is 11.4. The summed E-state index contributed by atoms with van der Waals surface area (Å²) in [5.74, 6) is -2.83. The Bertz CT molecular complexity index is 468. The summed E-state index contributed by atoms with van der Waals surface area (Å²) in [6.07, 6.45) is 2.39. The molecule has 170 valence electrons. The molecule has 0 aromatic rings. The van der Waals surface area contributed by atoms with E-state index in [2.05, 4.69) is 0 Å². The van der Waals surface area contributed by atoms with Gasteiger partial charge in [0.25, 0.3) is 0 Å². The van der Waals surface area contributed by atoms with Crippen molar-refractivity contribution in [2.75, 3.05) is 0 Å².